The molecule has 2 atom stereocenters. The summed E-state index contributed by atoms with van der Waals surface area (Å²) in [5, 5.41) is 1.66. The van der Waals surface area contributed by atoms with Crippen molar-refractivity contribution in [2.45, 2.75) is 39.7 Å². The van der Waals surface area contributed by atoms with Crippen molar-refractivity contribution in [3.8, 4) is 0 Å². The zero-order valence-electron chi connectivity index (χ0n) is 20.2. The Labute approximate surface area is 217 Å². The first kappa shape index (κ1) is 26.4. The van der Waals surface area contributed by atoms with E-state index in [9.17, 15) is 0 Å². The van der Waals surface area contributed by atoms with Gasteiger partial charge >= 0.3 is 194 Å². The van der Waals surface area contributed by atoms with Gasteiger partial charge in [0.05, 0.1) is 0 Å². The fraction of sp³-hybridized carbons (Fsp3) is 0.241. The third-order valence-electron chi connectivity index (χ3n) is 7.83. The molecule has 3 aromatic rings. The van der Waals surface area contributed by atoms with E-state index in [1.165, 1.54) is 33.4 Å². The SMILES string of the molecule is Cc1ccc(C)c2c1C=C[CH]2[Hf]([CH3])([SiH2]c1ccccc1)[CH]1C=Cc2c(C)ccc(C)c21.Cl.Cl. The van der Waals surface area contributed by atoms with E-state index in [-0.39, 0.29) is 31.5 Å². The van der Waals surface area contributed by atoms with Crippen molar-refractivity contribution in [2.24, 2.45) is 0 Å². The fourth-order valence-electron chi connectivity index (χ4n) is 6.10. The molecule has 0 aromatic heterocycles. The first-order valence-corrected chi connectivity index (χ1v) is 28.3. The number of hydrogen-bond donors (Lipinski definition) is 0. The molecular formula is C29H34Cl2HfSi. The van der Waals surface area contributed by atoms with Gasteiger partial charge in [-0.3, -0.25) is 0 Å². The van der Waals surface area contributed by atoms with Crippen LogP contribution in [0.1, 0.15) is 51.9 Å². The third kappa shape index (κ3) is 4.45. The Balaban J connectivity index is 0.00000153. The molecule has 0 N–H and O–H groups in total. The Morgan fingerprint density at radius 2 is 1.03 bits per heavy atom. The Morgan fingerprint density at radius 1 is 0.606 bits per heavy atom. The van der Waals surface area contributed by atoms with Gasteiger partial charge < -0.3 is 0 Å². The molecule has 0 bridgehead atoms. The van der Waals surface area contributed by atoms with Crippen molar-refractivity contribution >= 4 is 48.9 Å². The summed E-state index contributed by atoms with van der Waals surface area (Å²) in [5.41, 5.74) is 12.2. The maximum atomic E-state index is 2.81. The van der Waals surface area contributed by atoms with E-state index in [4.69, 9.17) is 0 Å². The molecule has 0 radical (unpaired) electrons. The van der Waals surface area contributed by atoms with E-state index < -0.39 is 19.1 Å². The summed E-state index contributed by atoms with van der Waals surface area (Å²) >= 11 is -2.94. The van der Waals surface area contributed by atoms with E-state index in [0.717, 1.165) is 0 Å². The van der Waals surface area contributed by atoms with Gasteiger partial charge in [0.25, 0.3) is 0 Å². The van der Waals surface area contributed by atoms with Gasteiger partial charge in [0.1, 0.15) is 0 Å². The molecule has 0 nitrogen and oxygen atoms in total. The van der Waals surface area contributed by atoms with Crippen LogP contribution in [0.25, 0.3) is 12.2 Å². The molecule has 33 heavy (non-hydrogen) atoms. The molecule has 3 aromatic carbocycles. The minimum atomic E-state index is -2.94. The number of halogens is 2. The molecular weight excluding hydrogens is 626 g/mol. The summed E-state index contributed by atoms with van der Waals surface area (Å²) in [6.45, 7) is 8.87. The molecule has 5 rings (SSSR count). The van der Waals surface area contributed by atoms with Gasteiger partial charge in [0, 0.05) is 0 Å². The summed E-state index contributed by atoms with van der Waals surface area (Å²) < 4.78 is 4.16. The van der Waals surface area contributed by atoms with Crippen LogP contribution in [0.5, 0.6) is 0 Å². The maximum absolute atomic E-state index is 2.94. The largest absolute Gasteiger partial charge is 0.147 e. The standard InChI is InChI=1S/2C11H11.C6H7Si.CH3.2ClH.Hf/c2*1-8-6-7-9(2)11-5-3-4-10(8)11;7-6-4-2-1-3-5-6;;;;/h2*3-7H,1-2H3;1-5H,7H2;1H3;2*1H;. The Hall–Kier alpha value is -1.19. The molecule has 0 amide bonds. The van der Waals surface area contributed by atoms with E-state index in [1.807, 2.05) is 0 Å². The molecule has 0 aliphatic heterocycles. The first-order valence-electron chi connectivity index (χ1n) is 11.5. The van der Waals surface area contributed by atoms with E-state index in [0.29, 0.717) is 7.35 Å². The first-order chi connectivity index (χ1) is 14.9. The van der Waals surface area contributed by atoms with Crippen LogP contribution in [-0.2, 0) is 19.1 Å². The monoisotopic (exact) mass is 660 g/mol. The van der Waals surface area contributed by atoms with Crippen LogP contribution in [0.15, 0.2) is 66.7 Å². The third-order valence-corrected chi connectivity index (χ3v) is 42.9. The van der Waals surface area contributed by atoms with Crippen LogP contribution in [0.3, 0.4) is 0 Å². The van der Waals surface area contributed by atoms with E-state index in [1.54, 1.807) is 16.3 Å². The fourth-order valence-corrected chi connectivity index (χ4v) is 43.0. The number of benzene rings is 3. The molecule has 0 saturated heterocycles. The molecule has 0 saturated carbocycles. The van der Waals surface area contributed by atoms with Crippen molar-refractivity contribution in [1.29, 1.82) is 0 Å². The van der Waals surface area contributed by atoms with Crippen LogP contribution in [-0.4, -0.2) is 6.71 Å². The summed E-state index contributed by atoms with van der Waals surface area (Å²) in [5.74, 6) is 0. The quantitative estimate of drug-likeness (QED) is 0.260. The summed E-state index contributed by atoms with van der Waals surface area (Å²) in [6.07, 6.45) is 10.2. The average molecular weight is 660 g/mol. The van der Waals surface area contributed by atoms with Crippen molar-refractivity contribution in [3.05, 3.63) is 111 Å². The number of fused-ring (bicyclic) bond motifs is 2. The van der Waals surface area contributed by atoms with Gasteiger partial charge in [0.2, 0.25) is 0 Å². The molecule has 4 heteroatoms. The smallest absolute Gasteiger partial charge is 0.147 e. The zero-order chi connectivity index (χ0) is 21.8. The van der Waals surface area contributed by atoms with E-state index in [2.05, 4.69) is 111 Å². The van der Waals surface area contributed by atoms with Gasteiger partial charge in [-0.1, -0.05) is 0 Å². The molecule has 2 aliphatic rings. The topological polar surface area (TPSA) is 0 Å². The number of allylic oxidation sites excluding steroid dienone is 2. The predicted molar refractivity (Wildman–Crippen MR) is 150 cm³/mol. The number of aryl methyl sites for hydroxylation is 4. The Bertz CT molecular complexity index is 1160. The minimum Gasteiger partial charge on any atom is -0.147 e. The van der Waals surface area contributed by atoms with Gasteiger partial charge in [-0.2, -0.15) is 0 Å². The molecule has 172 valence electrons. The second-order valence-corrected chi connectivity index (χ2v) is 42.6. The van der Waals surface area contributed by atoms with Crippen LogP contribution >= 0.6 is 24.8 Å². The molecule has 0 fully saturated rings. The summed E-state index contributed by atoms with van der Waals surface area (Å²) in [7, 11) is 0. The summed E-state index contributed by atoms with van der Waals surface area (Å²) in [4.78, 5) is 0. The van der Waals surface area contributed by atoms with Gasteiger partial charge in [0.15, 0.2) is 0 Å². The molecule has 2 aliphatic carbocycles. The number of rotatable bonds is 4. The second-order valence-electron chi connectivity index (χ2n) is 9.90. The van der Waals surface area contributed by atoms with Crippen molar-refractivity contribution in [1.82, 2.24) is 0 Å². The van der Waals surface area contributed by atoms with Gasteiger partial charge in [-0.15, -0.1) is 24.8 Å². The number of hydrogen-bond acceptors (Lipinski definition) is 0. The summed E-state index contributed by atoms with van der Waals surface area (Å²) in [6, 6.07) is 20.8. The van der Waals surface area contributed by atoms with Gasteiger partial charge in [-0.25, -0.2) is 0 Å². The van der Waals surface area contributed by atoms with Crippen molar-refractivity contribution in [2.75, 3.05) is 0 Å². The Kier molecular flexibility index (Phi) is 8.16. The van der Waals surface area contributed by atoms with Crippen molar-refractivity contribution < 1.29 is 19.1 Å². The second kappa shape index (κ2) is 10.2. The van der Waals surface area contributed by atoms with Crippen LogP contribution in [0.2, 0.25) is 4.68 Å². The normalized spacial score (nSPS) is 19.7. The predicted octanol–water partition coefficient (Wildman–Crippen LogP) is 7.21. The average Bonchev–Trinajstić information content (AvgIpc) is 3.41. The van der Waals surface area contributed by atoms with Crippen LogP contribution < -0.4 is 5.19 Å². The van der Waals surface area contributed by atoms with Crippen LogP contribution in [0, 0.1) is 27.7 Å². The van der Waals surface area contributed by atoms with Crippen molar-refractivity contribution in [3.63, 3.8) is 0 Å². The maximum Gasteiger partial charge on any atom is -0.147 e. The molecule has 0 heterocycles. The van der Waals surface area contributed by atoms with Crippen LogP contribution in [0.4, 0.5) is 0 Å². The van der Waals surface area contributed by atoms with Gasteiger partial charge in [-0.05, 0) is 0 Å². The molecule has 2 unspecified atom stereocenters. The van der Waals surface area contributed by atoms with E-state index >= 15 is 0 Å². The zero-order valence-corrected chi connectivity index (χ0v) is 26.8. The molecule has 0 spiro atoms. The Morgan fingerprint density at radius 3 is 1.48 bits per heavy atom. The minimum absolute atomic E-state index is 0.